The third-order valence-electron chi connectivity index (χ3n) is 4.25. The molecule has 1 heterocycles. The molecule has 0 bridgehead atoms. The second-order valence-corrected chi connectivity index (χ2v) is 5.31. The highest BCUT2D eigenvalue weighted by Crippen LogP contribution is 2.30. The van der Waals surface area contributed by atoms with E-state index in [0.717, 1.165) is 32.2 Å². The second kappa shape index (κ2) is 5.37. The third-order valence-corrected chi connectivity index (χ3v) is 4.25. The molecule has 1 aliphatic carbocycles. The molecule has 1 amide bonds. The molecule has 0 aromatic carbocycles. The summed E-state index contributed by atoms with van der Waals surface area (Å²) >= 11 is 0. The monoisotopic (exact) mass is 246 g/mol. The van der Waals surface area contributed by atoms with E-state index < -0.39 is 0 Å². The molecule has 0 radical (unpaired) electrons. The highest BCUT2D eigenvalue weighted by molar-refractivity contribution is 5.85. The summed E-state index contributed by atoms with van der Waals surface area (Å²) in [7, 11) is 0. The van der Waals surface area contributed by atoms with E-state index in [1.165, 1.54) is 0 Å². The average Bonchev–Trinajstić information content (AvgIpc) is 2.75. The van der Waals surface area contributed by atoms with Crippen LogP contribution in [0.3, 0.4) is 0 Å². The maximum absolute atomic E-state index is 12.2. The van der Waals surface area contributed by atoms with Crippen LogP contribution < -0.4 is 5.73 Å². The van der Waals surface area contributed by atoms with Crippen molar-refractivity contribution in [2.75, 3.05) is 6.54 Å². The molecule has 2 fully saturated rings. The van der Waals surface area contributed by atoms with Gasteiger partial charge in [0.1, 0.15) is 0 Å². The van der Waals surface area contributed by atoms with Gasteiger partial charge in [0.05, 0.1) is 0 Å². The smallest absolute Gasteiger partial charge is 0.225 e. The number of amides is 1. The van der Waals surface area contributed by atoms with Gasteiger partial charge in [-0.15, -0.1) is 12.4 Å². The number of nitrogens with zero attached hydrogens (tertiary/aromatic N) is 1. The molecule has 2 aliphatic rings. The quantitative estimate of drug-likeness (QED) is 0.767. The first kappa shape index (κ1) is 13.8. The van der Waals surface area contributed by atoms with Crippen LogP contribution in [0.25, 0.3) is 0 Å². The first-order valence-corrected chi connectivity index (χ1v) is 6.15. The fraction of sp³-hybridized carbons (Fsp3) is 0.917. The lowest BCUT2D eigenvalue weighted by atomic mass is 10.0. The van der Waals surface area contributed by atoms with E-state index in [-0.39, 0.29) is 24.4 Å². The van der Waals surface area contributed by atoms with Crippen LogP contribution in [0.4, 0.5) is 0 Å². The molecule has 94 valence electrons. The van der Waals surface area contributed by atoms with Gasteiger partial charge in [-0.3, -0.25) is 4.79 Å². The maximum atomic E-state index is 12.2. The Morgan fingerprint density at radius 3 is 2.38 bits per heavy atom. The zero-order chi connectivity index (χ0) is 11.0. The molecule has 1 saturated carbocycles. The van der Waals surface area contributed by atoms with Crippen molar-refractivity contribution in [3.63, 3.8) is 0 Å². The van der Waals surface area contributed by atoms with Crippen LogP contribution in [0.1, 0.15) is 39.5 Å². The Morgan fingerprint density at radius 1 is 1.25 bits per heavy atom. The number of carbonyl (C=O) groups is 1. The number of rotatable bonds is 1. The number of hydrogen-bond acceptors (Lipinski definition) is 2. The Labute approximate surface area is 104 Å². The number of halogens is 1. The summed E-state index contributed by atoms with van der Waals surface area (Å²) < 4.78 is 0. The molecular weight excluding hydrogens is 224 g/mol. The lowest BCUT2D eigenvalue weighted by molar-refractivity contribution is -0.136. The van der Waals surface area contributed by atoms with E-state index >= 15 is 0 Å². The minimum absolute atomic E-state index is 0. The van der Waals surface area contributed by atoms with Crippen molar-refractivity contribution in [1.29, 1.82) is 0 Å². The summed E-state index contributed by atoms with van der Waals surface area (Å²) in [5, 5.41) is 0. The summed E-state index contributed by atoms with van der Waals surface area (Å²) in [5.74, 6) is 1.23. The Bertz CT molecular complexity index is 259. The van der Waals surface area contributed by atoms with E-state index in [4.69, 9.17) is 5.73 Å². The molecule has 16 heavy (non-hydrogen) atoms. The number of likely N-dealkylation sites (tertiary alicyclic amines) is 1. The predicted molar refractivity (Wildman–Crippen MR) is 67.5 cm³/mol. The SMILES string of the molecule is CC1CCN(C(=O)C2CCC(N)C2)C1C.Cl. The van der Waals surface area contributed by atoms with Gasteiger partial charge in [-0.05, 0) is 38.5 Å². The van der Waals surface area contributed by atoms with Gasteiger partial charge >= 0.3 is 0 Å². The van der Waals surface area contributed by atoms with Gasteiger partial charge < -0.3 is 10.6 Å². The summed E-state index contributed by atoms with van der Waals surface area (Å²) in [6.07, 6.45) is 4.08. The summed E-state index contributed by atoms with van der Waals surface area (Å²) in [5.41, 5.74) is 5.85. The molecule has 3 nitrogen and oxygen atoms in total. The molecule has 4 unspecified atom stereocenters. The maximum Gasteiger partial charge on any atom is 0.225 e. The summed E-state index contributed by atoms with van der Waals surface area (Å²) in [6.45, 7) is 5.36. The van der Waals surface area contributed by atoms with Crippen molar-refractivity contribution in [3.05, 3.63) is 0 Å². The van der Waals surface area contributed by atoms with Crippen molar-refractivity contribution >= 4 is 18.3 Å². The largest absolute Gasteiger partial charge is 0.339 e. The zero-order valence-electron chi connectivity index (χ0n) is 10.2. The molecular formula is C12H23ClN2O. The Kier molecular flexibility index (Phi) is 4.62. The Balaban J connectivity index is 0.00000128. The van der Waals surface area contributed by atoms with Crippen LogP contribution in [0.15, 0.2) is 0 Å². The average molecular weight is 247 g/mol. The third kappa shape index (κ3) is 2.51. The first-order chi connectivity index (χ1) is 7.09. The standard InChI is InChI=1S/C12H22N2O.ClH/c1-8-5-6-14(9(8)2)12(15)10-3-4-11(13)7-10;/h8-11H,3-7,13H2,1-2H3;1H. The molecule has 2 rings (SSSR count). The highest BCUT2D eigenvalue weighted by atomic mass is 35.5. The van der Waals surface area contributed by atoms with E-state index in [0.29, 0.717) is 17.9 Å². The molecule has 4 heteroatoms. The van der Waals surface area contributed by atoms with Crippen LogP contribution in [-0.4, -0.2) is 29.4 Å². The molecule has 0 aromatic rings. The Hall–Kier alpha value is -0.280. The van der Waals surface area contributed by atoms with Crippen molar-refractivity contribution in [2.24, 2.45) is 17.6 Å². The topological polar surface area (TPSA) is 46.3 Å². The molecule has 0 aromatic heterocycles. The number of nitrogens with two attached hydrogens (primary N) is 1. The number of carbonyl (C=O) groups excluding carboxylic acids is 1. The van der Waals surface area contributed by atoms with Gasteiger partial charge in [0.2, 0.25) is 5.91 Å². The zero-order valence-corrected chi connectivity index (χ0v) is 11.0. The fourth-order valence-corrected chi connectivity index (χ4v) is 2.88. The minimum atomic E-state index is 0. The van der Waals surface area contributed by atoms with Gasteiger partial charge in [-0.1, -0.05) is 6.92 Å². The van der Waals surface area contributed by atoms with E-state index in [1.54, 1.807) is 0 Å². The number of hydrogen-bond donors (Lipinski definition) is 1. The molecule has 1 aliphatic heterocycles. The summed E-state index contributed by atoms with van der Waals surface area (Å²) in [6, 6.07) is 0.684. The summed E-state index contributed by atoms with van der Waals surface area (Å²) in [4.78, 5) is 14.3. The minimum Gasteiger partial charge on any atom is -0.339 e. The van der Waals surface area contributed by atoms with Gasteiger partial charge in [0.25, 0.3) is 0 Å². The van der Waals surface area contributed by atoms with Gasteiger partial charge in [-0.2, -0.15) is 0 Å². The normalized spacial score (nSPS) is 38.6. The fourth-order valence-electron chi connectivity index (χ4n) is 2.88. The molecule has 4 atom stereocenters. The lowest BCUT2D eigenvalue weighted by Crippen LogP contribution is -2.39. The van der Waals surface area contributed by atoms with Crippen LogP contribution in [0.2, 0.25) is 0 Å². The highest BCUT2D eigenvalue weighted by Gasteiger charge is 2.36. The molecule has 2 N–H and O–H groups in total. The first-order valence-electron chi connectivity index (χ1n) is 6.15. The van der Waals surface area contributed by atoms with Crippen LogP contribution in [-0.2, 0) is 4.79 Å². The second-order valence-electron chi connectivity index (χ2n) is 5.31. The van der Waals surface area contributed by atoms with Crippen molar-refractivity contribution in [1.82, 2.24) is 4.90 Å². The Morgan fingerprint density at radius 2 is 1.94 bits per heavy atom. The van der Waals surface area contributed by atoms with Crippen LogP contribution in [0.5, 0.6) is 0 Å². The molecule has 0 spiro atoms. The van der Waals surface area contributed by atoms with Crippen LogP contribution in [0, 0.1) is 11.8 Å². The van der Waals surface area contributed by atoms with Crippen molar-refractivity contribution in [2.45, 2.75) is 51.6 Å². The van der Waals surface area contributed by atoms with Gasteiger partial charge in [0, 0.05) is 24.5 Å². The van der Waals surface area contributed by atoms with Crippen molar-refractivity contribution < 1.29 is 4.79 Å². The van der Waals surface area contributed by atoms with Gasteiger partial charge in [-0.25, -0.2) is 0 Å². The van der Waals surface area contributed by atoms with E-state index in [2.05, 4.69) is 18.7 Å². The molecule has 1 saturated heterocycles. The van der Waals surface area contributed by atoms with E-state index in [1.807, 2.05) is 0 Å². The predicted octanol–water partition coefficient (Wildman–Crippen LogP) is 1.79. The lowest BCUT2D eigenvalue weighted by Gasteiger charge is -2.26. The van der Waals surface area contributed by atoms with E-state index in [9.17, 15) is 4.79 Å². The van der Waals surface area contributed by atoms with Crippen LogP contribution >= 0.6 is 12.4 Å². The van der Waals surface area contributed by atoms with Crippen molar-refractivity contribution in [3.8, 4) is 0 Å². The van der Waals surface area contributed by atoms with Gasteiger partial charge in [0.15, 0.2) is 0 Å².